The Bertz CT molecular complexity index is 644. The molecule has 2 N–H and O–H groups in total. The Morgan fingerprint density at radius 1 is 1.10 bits per heavy atom. The van der Waals surface area contributed by atoms with Crippen LogP contribution in [0, 0.1) is 13.8 Å². The van der Waals surface area contributed by atoms with Crippen molar-refractivity contribution in [3.05, 3.63) is 41.1 Å². The maximum absolute atomic E-state index is 11.8. The molecule has 20 heavy (non-hydrogen) atoms. The monoisotopic (exact) mass is 273 g/mol. The summed E-state index contributed by atoms with van der Waals surface area (Å²) in [6.45, 7) is 5.09. The van der Waals surface area contributed by atoms with Gasteiger partial charge < -0.3 is 9.84 Å². The SMILES string of the molecule is CC(=O)c1ccc(NC(=O)Nc2onc(C)c2C)cc1. The highest BCUT2D eigenvalue weighted by atomic mass is 16.5. The van der Waals surface area contributed by atoms with Crippen LogP contribution in [0.15, 0.2) is 28.8 Å². The first-order chi connectivity index (χ1) is 9.47. The van der Waals surface area contributed by atoms with Crippen LogP contribution < -0.4 is 10.6 Å². The predicted octanol–water partition coefficient (Wildman–Crippen LogP) is 3.14. The Balaban J connectivity index is 2.01. The Morgan fingerprint density at radius 3 is 2.25 bits per heavy atom. The van der Waals surface area contributed by atoms with Crippen molar-refractivity contribution in [1.29, 1.82) is 0 Å². The summed E-state index contributed by atoms with van der Waals surface area (Å²) < 4.78 is 4.99. The maximum Gasteiger partial charge on any atom is 0.326 e. The molecule has 0 radical (unpaired) electrons. The molecule has 0 aliphatic rings. The fraction of sp³-hybridized carbons (Fsp3) is 0.214. The third-order valence-corrected chi connectivity index (χ3v) is 2.93. The van der Waals surface area contributed by atoms with Crippen LogP contribution in [0.3, 0.4) is 0 Å². The van der Waals surface area contributed by atoms with E-state index in [0.717, 1.165) is 11.3 Å². The molecule has 6 nitrogen and oxygen atoms in total. The van der Waals surface area contributed by atoms with Crippen molar-refractivity contribution >= 4 is 23.4 Å². The van der Waals surface area contributed by atoms with Gasteiger partial charge in [0.25, 0.3) is 0 Å². The summed E-state index contributed by atoms with van der Waals surface area (Å²) in [4.78, 5) is 22.9. The summed E-state index contributed by atoms with van der Waals surface area (Å²) in [5.74, 6) is 0.300. The number of amides is 2. The largest absolute Gasteiger partial charge is 0.338 e. The van der Waals surface area contributed by atoms with E-state index in [2.05, 4.69) is 15.8 Å². The molecular weight excluding hydrogens is 258 g/mol. The van der Waals surface area contributed by atoms with E-state index in [1.165, 1.54) is 6.92 Å². The van der Waals surface area contributed by atoms with Crippen LogP contribution in [0.1, 0.15) is 28.5 Å². The second kappa shape index (κ2) is 5.56. The highest BCUT2D eigenvalue weighted by Gasteiger charge is 2.11. The molecule has 0 atom stereocenters. The molecule has 0 fully saturated rings. The molecule has 2 amide bonds. The minimum Gasteiger partial charge on any atom is -0.338 e. The first-order valence-corrected chi connectivity index (χ1v) is 6.09. The standard InChI is InChI=1S/C14H15N3O3/c1-8-9(2)17-20-13(8)16-14(19)15-12-6-4-11(5-7-12)10(3)18/h4-7H,1-3H3,(H2,15,16,19). The number of aryl methyl sites for hydroxylation is 1. The van der Waals surface area contributed by atoms with Crippen LogP contribution in [0.2, 0.25) is 0 Å². The number of ketones is 1. The molecule has 0 saturated carbocycles. The Hall–Kier alpha value is -2.63. The number of aromatic nitrogens is 1. The summed E-state index contributed by atoms with van der Waals surface area (Å²) in [6, 6.07) is 6.20. The molecule has 6 heteroatoms. The number of nitrogens with zero attached hydrogens (tertiary/aromatic N) is 1. The number of benzene rings is 1. The van der Waals surface area contributed by atoms with Crippen LogP contribution in [0.5, 0.6) is 0 Å². The van der Waals surface area contributed by atoms with E-state index in [-0.39, 0.29) is 5.78 Å². The van der Waals surface area contributed by atoms with Crippen molar-refractivity contribution in [2.24, 2.45) is 0 Å². The van der Waals surface area contributed by atoms with Crippen LogP contribution >= 0.6 is 0 Å². The van der Waals surface area contributed by atoms with Gasteiger partial charge in [-0.05, 0) is 45.0 Å². The molecule has 1 aromatic carbocycles. The van der Waals surface area contributed by atoms with Gasteiger partial charge in [-0.15, -0.1) is 0 Å². The fourth-order valence-electron chi connectivity index (χ4n) is 1.59. The molecule has 0 aliphatic carbocycles. The molecule has 0 unspecified atom stereocenters. The predicted molar refractivity (Wildman–Crippen MR) is 75.1 cm³/mol. The average Bonchev–Trinajstić information content (AvgIpc) is 2.71. The van der Waals surface area contributed by atoms with Crippen molar-refractivity contribution in [3.63, 3.8) is 0 Å². The van der Waals surface area contributed by atoms with Crippen LogP contribution in [0.4, 0.5) is 16.4 Å². The van der Waals surface area contributed by atoms with E-state index in [1.54, 1.807) is 31.2 Å². The van der Waals surface area contributed by atoms with Gasteiger partial charge in [-0.2, -0.15) is 0 Å². The average molecular weight is 273 g/mol. The van der Waals surface area contributed by atoms with Gasteiger partial charge in [-0.25, -0.2) is 4.79 Å². The molecular formula is C14H15N3O3. The fourth-order valence-corrected chi connectivity index (χ4v) is 1.59. The molecule has 1 aromatic heterocycles. The second-order valence-electron chi connectivity index (χ2n) is 4.43. The number of hydrogen-bond donors (Lipinski definition) is 2. The normalized spacial score (nSPS) is 10.2. The summed E-state index contributed by atoms with van der Waals surface area (Å²) in [5, 5.41) is 8.97. The third-order valence-electron chi connectivity index (χ3n) is 2.93. The second-order valence-corrected chi connectivity index (χ2v) is 4.43. The minimum absolute atomic E-state index is 0.0197. The first-order valence-electron chi connectivity index (χ1n) is 6.09. The van der Waals surface area contributed by atoms with Crippen LogP contribution in [0.25, 0.3) is 0 Å². The summed E-state index contributed by atoms with van der Waals surface area (Å²) in [5.41, 5.74) is 2.69. The Labute approximate surface area is 116 Å². The number of anilines is 2. The number of nitrogens with one attached hydrogen (secondary N) is 2. The lowest BCUT2D eigenvalue weighted by molar-refractivity contribution is 0.101. The Morgan fingerprint density at radius 2 is 1.75 bits per heavy atom. The van der Waals surface area contributed by atoms with Gasteiger partial charge in [0.05, 0.1) is 5.69 Å². The molecule has 0 aliphatic heterocycles. The molecule has 0 spiro atoms. The van der Waals surface area contributed by atoms with E-state index < -0.39 is 6.03 Å². The number of Topliss-reactive ketones (excluding diaryl/α,β-unsaturated/α-hetero) is 1. The van der Waals surface area contributed by atoms with Crippen molar-refractivity contribution < 1.29 is 14.1 Å². The molecule has 1 heterocycles. The lowest BCUT2D eigenvalue weighted by Crippen LogP contribution is -2.19. The van der Waals surface area contributed by atoms with Crippen molar-refractivity contribution in [2.45, 2.75) is 20.8 Å². The minimum atomic E-state index is -0.431. The van der Waals surface area contributed by atoms with Crippen molar-refractivity contribution in [3.8, 4) is 0 Å². The van der Waals surface area contributed by atoms with E-state index in [9.17, 15) is 9.59 Å². The van der Waals surface area contributed by atoms with Gasteiger partial charge >= 0.3 is 6.03 Å². The molecule has 0 bridgehead atoms. The number of rotatable bonds is 3. The zero-order valence-corrected chi connectivity index (χ0v) is 11.5. The zero-order valence-electron chi connectivity index (χ0n) is 11.5. The number of carbonyl (C=O) groups is 2. The number of carbonyl (C=O) groups excluding carboxylic acids is 2. The zero-order chi connectivity index (χ0) is 14.7. The summed E-state index contributed by atoms with van der Waals surface area (Å²) in [6.07, 6.45) is 0. The highest BCUT2D eigenvalue weighted by Crippen LogP contribution is 2.18. The van der Waals surface area contributed by atoms with Gasteiger partial charge in [-0.1, -0.05) is 5.16 Å². The molecule has 2 rings (SSSR count). The van der Waals surface area contributed by atoms with E-state index in [0.29, 0.717) is 17.1 Å². The van der Waals surface area contributed by atoms with Crippen LogP contribution in [-0.2, 0) is 0 Å². The van der Waals surface area contributed by atoms with Gasteiger partial charge in [0.15, 0.2) is 5.78 Å². The smallest absolute Gasteiger partial charge is 0.326 e. The lowest BCUT2D eigenvalue weighted by Gasteiger charge is -2.06. The number of urea groups is 1. The first kappa shape index (κ1) is 13.8. The topological polar surface area (TPSA) is 84.2 Å². The highest BCUT2D eigenvalue weighted by molar-refractivity contribution is 6.00. The Kier molecular flexibility index (Phi) is 3.84. The molecule has 2 aromatic rings. The third kappa shape index (κ3) is 3.03. The quantitative estimate of drug-likeness (QED) is 0.841. The molecule has 0 saturated heterocycles. The summed E-state index contributed by atoms with van der Waals surface area (Å²) in [7, 11) is 0. The van der Waals surface area contributed by atoms with Gasteiger partial charge in [0.1, 0.15) is 0 Å². The van der Waals surface area contributed by atoms with Gasteiger partial charge in [0, 0.05) is 16.8 Å². The van der Waals surface area contributed by atoms with Gasteiger partial charge in [-0.3, -0.25) is 10.1 Å². The van der Waals surface area contributed by atoms with Crippen molar-refractivity contribution in [2.75, 3.05) is 10.6 Å². The summed E-state index contributed by atoms with van der Waals surface area (Å²) >= 11 is 0. The molecule has 104 valence electrons. The van der Waals surface area contributed by atoms with E-state index in [1.807, 2.05) is 6.92 Å². The van der Waals surface area contributed by atoms with E-state index >= 15 is 0 Å². The van der Waals surface area contributed by atoms with Gasteiger partial charge in [0.2, 0.25) is 5.88 Å². The maximum atomic E-state index is 11.8. The lowest BCUT2D eigenvalue weighted by atomic mass is 10.1. The van der Waals surface area contributed by atoms with Crippen LogP contribution in [-0.4, -0.2) is 17.0 Å². The van der Waals surface area contributed by atoms with E-state index in [4.69, 9.17) is 4.52 Å². The van der Waals surface area contributed by atoms with Crippen molar-refractivity contribution in [1.82, 2.24) is 5.16 Å². The number of hydrogen-bond acceptors (Lipinski definition) is 4.